The van der Waals surface area contributed by atoms with Crippen LogP contribution in [0.5, 0.6) is 0 Å². The van der Waals surface area contributed by atoms with E-state index in [1.54, 1.807) is 6.07 Å². The van der Waals surface area contributed by atoms with Crippen molar-refractivity contribution in [3.8, 4) is 0 Å². The minimum atomic E-state index is -0.128. The highest BCUT2D eigenvalue weighted by Gasteiger charge is 2.18. The smallest absolute Gasteiger partial charge is 0.226 e. The average Bonchev–Trinajstić information content (AvgIpc) is 2.35. The van der Waals surface area contributed by atoms with Crippen LogP contribution in [0.3, 0.4) is 0 Å². The van der Waals surface area contributed by atoms with Crippen molar-refractivity contribution in [2.75, 3.05) is 25.1 Å². The topological polar surface area (TPSA) is 63.2 Å². The number of hydrogen-bond donors (Lipinski definition) is 2. The predicted octanol–water partition coefficient (Wildman–Crippen LogP) is 2.01. The molecular weight excluding hydrogens is 289 g/mol. The van der Waals surface area contributed by atoms with Gasteiger partial charge in [-0.05, 0) is 18.6 Å². The lowest BCUT2D eigenvalue weighted by Crippen LogP contribution is -2.43. The number of ether oxygens (including phenoxy) is 1. The van der Waals surface area contributed by atoms with Gasteiger partial charge in [-0.15, -0.1) is 0 Å². The average molecular weight is 304 g/mol. The van der Waals surface area contributed by atoms with Crippen LogP contribution in [0.4, 0.5) is 5.69 Å². The Labute approximate surface area is 121 Å². The van der Waals surface area contributed by atoms with Crippen LogP contribution in [0.15, 0.2) is 6.07 Å². The second-order valence-electron chi connectivity index (χ2n) is 4.41. The summed E-state index contributed by atoms with van der Waals surface area (Å²) in [6, 6.07) is 1.69. The van der Waals surface area contributed by atoms with Crippen molar-refractivity contribution >= 4 is 34.8 Å². The van der Waals surface area contributed by atoms with E-state index < -0.39 is 0 Å². The highest BCUT2D eigenvalue weighted by molar-refractivity contribution is 6.34. The first-order chi connectivity index (χ1) is 9.06. The molecule has 1 aliphatic heterocycles. The van der Waals surface area contributed by atoms with E-state index in [0.717, 1.165) is 12.1 Å². The van der Waals surface area contributed by atoms with Gasteiger partial charge in [0.05, 0.1) is 18.9 Å². The van der Waals surface area contributed by atoms with Crippen LogP contribution in [-0.2, 0) is 9.53 Å². The molecule has 1 atom stereocenters. The van der Waals surface area contributed by atoms with Gasteiger partial charge in [0, 0.05) is 19.0 Å². The van der Waals surface area contributed by atoms with E-state index >= 15 is 0 Å². The van der Waals surface area contributed by atoms with Crippen molar-refractivity contribution in [1.29, 1.82) is 0 Å². The van der Waals surface area contributed by atoms with E-state index in [1.807, 2.05) is 6.92 Å². The number of carbonyl (C=O) groups is 1. The maximum Gasteiger partial charge on any atom is 0.226 e. The van der Waals surface area contributed by atoms with Crippen molar-refractivity contribution in [2.24, 2.45) is 0 Å². The Morgan fingerprint density at radius 3 is 3.05 bits per heavy atom. The Balaban J connectivity index is 1.98. The number of nitrogens with zero attached hydrogens (tertiary/aromatic N) is 1. The predicted molar refractivity (Wildman–Crippen MR) is 74.9 cm³/mol. The molecule has 1 aromatic heterocycles. The third kappa shape index (κ3) is 4.04. The number of amides is 1. The first-order valence-electron chi connectivity index (χ1n) is 6.00. The molecule has 1 amide bonds. The fourth-order valence-electron chi connectivity index (χ4n) is 1.91. The largest absolute Gasteiger partial charge is 0.378 e. The van der Waals surface area contributed by atoms with Crippen LogP contribution in [-0.4, -0.2) is 36.7 Å². The molecule has 1 aliphatic rings. The van der Waals surface area contributed by atoms with Gasteiger partial charge in [-0.2, -0.15) is 0 Å². The monoisotopic (exact) mass is 303 g/mol. The molecule has 0 saturated carbocycles. The molecule has 1 fully saturated rings. The van der Waals surface area contributed by atoms with Crippen molar-refractivity contribution in [3.05, 3.63) is 21.9 Å². The highest BCUT2D eigenvalue weighted by atomic mass is 35.5. The molecule has 0 aliphatic carbocycles. The van der Waals surface area contributed by atoms with Crippen LogP contribution in [0.2, 0.25) is 10.3 Å². The number of anilines is 1. The zero-order valence-corrected chi connectivity index (χ0v) is 12.0. The summed E-state index contributed by atoms with van der Waals surface area (Å²) in [7, 11) is 0. The summed E-state index contributed by atoms with van der Waals surface area (Å²) in [5.74, 6) is -0.128. The first kappa shape index (κ1) is 14.5. The number of hydrogen-bond acceptors (Lipinski definition) is 4. The second kappa shape index (κ2) is 6.52. The third-order valence-electron chi connectivity index (χ3n) is 2.84. The minimum Gasteiger partial charge on any atom is -0.378 e. The Hall–Kier alpha value is -0.880. The van der Waals surface area contributed by atoms with Crippen LogP contribution in [0.25, 0.3) is 0 Å². The zero-order chi connectivity index (χ0) is 13.8. The van der Waals surface area contributed by atoms with E-state index in [2.05, 4.69) is 15.6 Å². The summed E-state index contributed by atoms with van der Waals surface area (Å²) in [6.45, 7) is 3.81. The molecule has 2 heterocycles. The molecule has 5 nitrogen and oxygen atoms in total. The van der Waals surface area contributed by atoms with E-state index in [4.69, 9.17) is 27.9 Å². The van der Waals surface area contributed by atoms with Crippen LogP contribution in [0.1, 0.15) is 12.0 Å². The summed E-state index contributed by atoms with van der Waals surface area (Å²) < 4.78 is 5.30. The minimum absolute atomic E-state index is 0.0353. The number of pyridine rings is 1. The number of halogens is 2. The lowest BCUT2D eigenvalue weighted by atomic mass is 10.2. The van der Waals surface area contributed by atoms with Crippen molar-refractivity contribution in [3.63, 3.8) is 0 Å². The summed E-state index contributed by atoms with van der Waals surface area (Å²) in [4.78, 5) is 15.9. The highest BCUT2D eigenvalue weighted by Crippen LogP contribution is 2.26. The molecule has 0 bridgehead atoms. The number of morpholine rings is 1. The van der Waals surface area contributed by atoms with Crippen LogP contribution < -0.4 is 10.6 Å². The Morgan fingerprint density at radius 2 is 2.42 bits per heavy atom. The van der Waals surface area contributed by atoms with Crippen molar-refractivity contribution in [2.45, 2.75) is 19.4 Å². The maximum absolute atomic E-state index is 11.9. The van der Waals surface area contributed by atoms with Gasteiger partial charge in [0.1, 0.15) is 5.15 Å². The summed E-state index contributed by atoms with van der Waals surface area (Å²) in [6.07, 6.45) is 0.332. The molecule has 1 unspecified atom stereocenters. The third-order valence-corrected chi connectivity index (χ3v) is 3.30. The molecule has 2 rings (SSSR count). The molecular formula is C12H15Cl2N3O2. The molecule has 0 aromatic carbocycles. The number of aryl methyl sites for hydroxylation is 1. The van der Waals surface area contributed by atoms with E-state index in [9.17, 15) is 4.79 Å². The van der Waals surface area contributed by atoms with Gasteiger partial charge >= 0.3 is 0 Å². The lowest BCUT2D eigenvalue weighted by molar-refractivity contribution is -0.117. The first-order valence-corrected chi connectivity index (χ1v) is 6.75. The zero-order valence-electron chi connectivity index (χ0n) is 10.5. The Morgan fingerprint density at radius 1 is 1.63 bits per heavy atom. The molecule has 19 heavy (non-hydrogen) atoms. The molecule has 1 aromatic rings. The molecule has 104 valence electrons. The summed E-state index contributed by atoms with van der Waals surface area (Å²) in [5, 5.41) is 6.49. The van der Waals surface area contributed by atoms with Crippen molar-refractivity contribution < 1.29 is 9.53 Å². The summed E-state index contributed by atoms with van der Waals surface area (Å²) >= 11 is 11.8. The van der Waals surface area contributed by atoms with Gasteiger partial charge in [-0.25, -0.2) is 4.98 Å². The number of rotatable bonds is 3. The van der Waals surface area contributed by atoms with Crippen molar-refractivity contribution in [1.82, 2.24) is 10.3 Å². The standard InChI is InChI=1S/C12H15Cl2N3O2/c1-7-4-9(13)16-12(14)11(7)17-10(18)5-8-6-19-3-2-15-8/h4,8,15H,2-3,5-6H2,1H3,(H,17,18). The molecule has 2 N–H and O–H groups in total. The quantitative estimate of drug-likeness (QED) is 0.839. The van der Waals surface area contributed by atoms with E-state index in [1.165, 1.54) is 0 Å². The van der Waals surface area contributed by atoms with E-state index in [0.29, 0.717) is 30.5 Å². The molecule has 0 spiro atoms. The molecule has 7 heteroatoms. The van der Waals surface area contributed by atoms with E-state index in [-0.39, 0.29) is 17.1 Å². The van der Waals surface area contributed by atoms with Crippen LogP contribution >= 0.6 is 23.2 Å². The molecule has 1 saturated heterocycles. The maximum atomic E-state index is 11.9. The van der Waals surface area contributed by atoms with Gasteiger partial charge < -0.3 is 15.4 Å². The van der Waals surface area contributed by atoms with Gasteiger partial charge in [0.15, 0.2) is 5.15 Å². The number of carbonyl (C=O) groups excluding carboxylic acids is 1. The Kier molecular flexibility index (Phi) is 4.99. The SMILES string of the molecule is Cc1cc(Cl)nc(Cl)c1NC(=O)CC1COCCN1. The number of nitrogens with one attached hydrogen (secondary N) is 2. The fourth-order valence-corrected chi connectivity index (χ4v) is 2.49. The normalized spacial score (nSPS) is 19.2. The lowest BCUT2D eigenvalue weighted by Gasteiger charge is -2.23. The second-order valence-corrected chi connectivity index (χ2v) is 5.15. The van der Waals surface area contributed by atoms with Gasteiger partial charge in [0.2, 0.25) is 5.91 Å². The number of aromatic nitrogens is 1. The van der Waals surface area contributed by atoms with Gasteiger partial charge in [-0.1, -0.05) is 23.2 Å². The Bertz CT molecular complexity index is 453. The summed E-state index contributed by atoms with van der Waals surface area (Å²) in [5.41, 5.74) is 1.29. The van der Waals surface area contributed by atoms with Crippen LogP contribution in [0, 0.1) is 6.92 Å². The van der Waals surface area contributed by atoms with Gasteiger partial charge in [0.25, 0.3) is 0 Å². The van der Waals surface area contributed by atoms with Gasteiger partial charge in [-0.3, -0.25) is 4.79 Å². The molecule has 0 radical (unpaired) electrons. The fraction of sp³-hybridized carbons (Fsp3) is 0.500.